The van der Waals surface area contributed by atoms with E-state index in [9.17, 15) is 53.4 Å². The Kier molecular flexibility index (Phi) is 24.3. The number of Topliss-reactive ketones (excluding diaryl/α,β-unsaturated/α-hetero) is 1. The third-order valence-electron chi connectivity index (χ3n) is 15.5. The highest BCUT2D eigenvalue weighted by Gasteiger charge is 2.46. The van der Waals surface area contributed by atoms with Crippen LogP contribution in [0.2, 0.25) is 0 Å². The molecule has 442 valence electrons. The topological polar surface area (TPSA) is 288 Å². The van der Waals surface area contributed by atoms with Crippen molar-refractivity contribution in [1.82, 2.24) is 35.6 Å². The zero-order valence-electron chi connectivity index (χ0n) is 48.8. The molecule has 79 heavy (non-hydrogen) atoms. The van der Waals surface area contributed by atoms with Crippen molar-refractivity contribution < 1.29 is 72.4 Å². The average molecular weight is 1110 g/mol. The molecule has 22 nitrogen and oxygen atoms in total. The molecule has 5 N–H and O–H groups in total. The van der Waals surface area contributed by atoms with Gasteiger partial charge in [0.1, 0.15) is 54.2 Å². The number of nitrogens with one attached hydrogen (secondary N) is 3. The molecule has 3 heterocycles. The average Bonchev–Trinajstić information content (AvgIpc) is 4.13. The zero-order chi connectivity index (χ0) is 59.3. The molecule has 0 bridgehead atoms. The first kappa shape index (κ1) is 65.4. The van der Waals surface area contributed by atoms with Crippen LogP contribution in [0.15, 0.2) is 24.3 Å². The van der Waals surface area contributed by atoms with Crippen molar-refractivity contribution >= 4 is 59.1 Å². The first-order valence-corrected chi connectivity index (χ1v) is 28.0. The quantitative estimate of drug-likeness (QED) is 0.124. The summed E-state index contributed by atoms with van der Waals surface area (Å²) in [6, 6.07) is -2.19. The number of ketones is 1. The normalized spacial score (nSPS) is 27.7. The van der Waals surface area contributed by atoms with E-state index in [1.54, 1.807) is 52.0 Å². The van der Waals surface area contributed by atoms with Crippen LogP contribution in [0.3, 0.4) is 0 Å². The van der Waals surface area contributed by atoms with Crippen molar-refractivity contribution in [1.29, 1.82) is 0 Å². The molecule has 4 rings (SSSR count). The minimum absolute atomic E-state index is 0.0720. The number of likely N-dealkylation sites (tertiary alicyclic amines) is 1. The van der Waals surface area contributed by atoms with Crippen LogP contribution in [0.1, 0.15) is 133 Å². The number of ether oxygens (including phenoxy) is 3. The van der Waals surface area contributed by atoms with Crippen LogP contribution in [0.4, 0.5) is 0 Å². The van der Waals surface area contributed by atoms with Gasteiger partial charge in [0.05, 0.1) is 31.6 Å². The first-order valence-electron chi connectivity index (χ1n) is 28.0. The number of likely N-dealkylation sites (N-methyl/N-ethyl adjacent to an activating group) is 2. The Morgan fingerprint density at radius 2 is 1.49 bits per heavy atom. The summed E-state index contributed by atoms with van der Waals surface area (Å²) in [5.74, 6) is -10.3. The number of amides is 7. The van der Waals surface area contributed by atoms with Gasteiger partial charge in [-0.1, -0.05) is 73.9 Å². The van der Waals surface area contributed by atoms with Crippen LogP contribution in [0.5, 0.6) is 5.75 Å². The van der Waals surface area contributed by atoms with Crippen molar-refractivity contribution in [3.8, 4) is 5.75 Å². The number of benzene rings is 1. The number of esters is 2. The number of cyclic esters (lactones) is 2. The summed E-state index contributed by atoms with van der Waals surface area (Å²) in [5, 5.41) is 30.2. The smallest absolute Gasteiger partial charge is 0.329 e. The second-order valence-corrected chi connectivity index (χ2v) is 23.0. The highest BCUT2D eigenvalue weighted by Crippen LogP contribution is 2.27. The predicted molar refractivity (Wildman–Crippen MR) is 290 cm³/mol. The fraction of sp³-hybridized carbons (Fsp3) is 0.719. The highest BCUT2D eigenvalue weighted by molar-refractivity contribution is 6.05. The molecule has 0 saturated carbocycles. The summed E-state index contributed by atoms with van der Waals surface area (Å²) in [6.45, 7) is 18.4. The van der Waals surface area contributed by atoms with Gasteiger partial charge in [0, 0.05) is 33.6 Å². The molecule has 3 aliphatic heterocycles. The van der Waals surface area contributed by atoms with Gasteiger partial charge >= 0.3 is 11.9 Å². The Labute approximate surface area is 465 Å². The second-order valence-electron chi connectivity index (χ2n) is 23.0. The van der Waals surface area contributed by atoms with E-state index < -0.39 is 150 Å². The summed E-state index contributed by atoms with van der Waals surface area (Å²) in [6.07, 6.45) is -4.99. The summed E-state index contributed by atoms with van der Waals surface area (Å²) >= 11 is 0. The molecule has 7 amide bonds. The van der Waals surface area contributed by atoms with Gasteiger partial charge in [-0.3, -0.25) is 43.2 Å². The van der Waals surface area contributed by atoms with Gasteiger partial charge < -0.3 is 60.0 Å². The molecule has 3 fully saturated rings. The fourth-order valence-corrected chi connectivity index (χ4v) is 10.5. The summed E-state index contributed by atoms with van der Waals surface area (Å²) in [4.78, 5) is 149. The van der Waals surface area contributed by atoms with E-state index in [1.165, 1.54) is 61.6 Å². The van der Waals surface area contributed by atoms with E-state index in [2.05, 4.69) is 16.0 Å². The molecular weight excluding hydrogens is 1020 g/mol. The Balaban J connectivity index is 1.89. The van der Waals surface area contributed by atoms with E-state index in [4.69, 9.17) is 14.2 Å². The molecule has 13 atom stereocenters. The van der Waals surface area contributed by atoms with Crippen molar-refractivity contribution in [2.45, 2.75) is 201 Å². The van der Waals surface area contributed by atoms with Crippen LogP contribution in [0, 0.1) is 29.6 Å². The second kappa shape index (κ2) is 29.3. The Hall–Kier alpha value is -6.16. The van der Waals surface area contributed by atoms with Gasteiger partial charge in [-0.05, 0) is 101 Å². The maximum Gasteiger partial charge on any atom is 0.329 e. The monoisotopic (exact) mass is 1110 g/mol. The molecule has 0 spiro atoms. The number of carbonyl (C=O) groups is 10. The largest absolute Gasteiger partial charge is 0.497 e. The molecule has 3 aliphatic rings. The molecule has 0 aromatic heterocycles. The van der Waals surface area contributed by atoms with Crippen LogP contribution in [-0.2, 0) is 63.8 Å². The number of aliphatic hydroxyl groups excluding tert-OH is 2. The Morgan fingerprint density at radius 1 is 0.861 bits per heavy atom. The lowest BCUT2D eigenvalue weighted by Crippen LogP contribution is -2.62. The van der Waals surface area contributed by atoms with Crippen LogP contribution in [0.25, 0.3) is 0 Å². The fourth-order valence-electron chi connectivity index (χ4n) is 10.5. The van der Waals surface area contributed by atoms with Crippen molar-refractivity contribution in [3.63, 3.8) is 0 Å². The number of aliphatic hydroxyl groups is 2. The van der Waals surface area contributed by atoms with E-state index >= 15 is 4.79 Å². The summed E-state index contributed by atoms with van der Waals surface area (Å²) in [7, 11) is 4.29. The lowest BCUT2D eigenvalue weighted by molar-refractivity contribution is -0.163. The van der Waals surface area contributed by atoms with Gasteiger partial charge in [-0.25, -0.2) is 4.79 Å². The van der Waals surface area contributed by atoms with E-state index in [0.29, 0.717) is 30.6 Å². The van der Waals surface area contributed by atoms with Crippen LogP contribution < -0.4 is 20.7 Å². The molecule has 1 aromatic rings. The number of methoxy groups -OCH3 is 1. The number of carbonyl (C=O) groups excluding carboxylic acids is 10. The number of rotatable bonds is 15. The van der Waals surface area contributed by atoms with E-state index in [0.717, 1.165) is 0 Å². The van der Waals surface area contributed by atoms with E-state index in [-0.39, 0.29) is 57.0 Å². The predicted octanol–water partition coefficient (Wildman–Crippen LogP) is 2.32. The molecular formula is C57H89N7O15. The van der Waals surface area contributed by atoms with Crippen molar-refractivity contribution in [3.05, 3.63) is 29.8 Å². The van der Waals surface area contributed by atoms with Gasteiger partial charge in [0.15, 0.2) is 11.9 Å². The number of hydrogen-bond donors (Lipinski definition) is 5. The molecule has 22 heteroatoms. The van der Waals surface area contributed by atoms with Gasteiger partial charge in [-0.2, -0.15) is 0 Å². The standard InChI is InChI=1S/C57H89N7O15/c1-15-33(8)46-44(66)29-45(67)79-49(32(6)7)48(68)34(9)50(69)58-39(26-30(2)3)54(73)64-25-17-19-41(64)56(75)62(13)43(28-37-20-22-38(77-14)23-21-37)57(76)78-36(11)47(52(71)59-46)60-51(70)42(27-31(4)5)61(12)55(74)40-18-16-24-63(40)53(72)35(10)65/h20-23,30-36,39-44,46-47,49,65-66H,15-19,24-29H2,1-14H3,(H,58,69)(H,59,71)(H,60,70)/t33?,34?,35?,36-,39+,40?,41?,42-,43+,44+,46?,47?,49+/m1/s1. The molecule has 0 aliphatic carbocycles. The lowest BCUT2D eigenvalue weighted by Gasteiger charge is -2.36. The molecule has 7 unspecified atom stereocenters. The summed E-state index contributed by atoms with van der Waals surface area (Å²) < 4.78 is 17.2. The number of hydrogen-bond acceptors (Lipinski definition) is 15. The van der Waals surface area contributed by atoms with Gasteiger partial charge in [0.25, 0.3) is 5.91 Å². The zero-order valence-corrected chi connectivity index (χ0v) is 48.8. The minimum Gasteiger partial charge on any atom is -0.497 e. The number of fused-ring (bicyclic) bond motifs is 1. The Bertz CT molecular complexity index is 2330. The van der Waals surface area contributed by atoms with Gasteiger partial charge in [-0.15, -0.1) is 0 Å². The van der Waals surface area contributed by atoms with Crippen LogP contribution >= 0.6 is 0 Å². The lowest BCUT2D eigenvalue weighted by atomic mass is 9.91. The first-order chi connectivity index (χ1) is 37.0. The van der Waals surface area contributed by atoms with Crippen molar-refractivity contribution in [2.24, 2.45) is 29.6 Å². The highest BCUT2D eigenvalue weighted by atomic mass is 16.6. The SMILES string of the molecule is CCC(C)C1NC(=O)C(NC(=O)[C@@H](CC(C)C)N(C)C(=O)C2CCCN2C(=O)C(C)O)[C@@H](C)OC(=O)[C@H](Cc2ccc(OC)cc2)N(C)C(=O)C2CCCN2C(=O)[C@H](CC(C)C)NC(=O)C(C)C(=O)[C@H](C(C)C)OC(=O)C[C@@H]1O. The number of nitrogens with zero attached hydrogens (tertiary/aromatic N) is 4. The minimum atomic E-state index is -1.76. The van der Waals surface area contributed by atoms with Gasteiger partial charge in [0.2, 0.25) is 35.4 Å². The summed E-state index contributed by atoms with van der Waals surface area (Å²) in [5.41, 5.74) is 0.571. The van der Waals surface area contributed by atoms with E-state index in [1.807, 2.05) is 27.7 Å². The third-order valence-corrected chi connectivity index (χ3v) is 15.5. The molecule has 3 saturated heterocycles. The third kappa shape index (κ3) is 16.9. The van der Waals surface area contributed by atoms with Crippen molar-refractivity contribution in [2.75, 3.05) is 34.3 Å². The maximum atomic E-state index is 15.0. The van der Waals surface area contributed by atoms with Crippen LogP contribution in [-0.4, -0.2) is 190 Å². The molecule has 1 aromatic carbocycles. The Morgan fingerprint density at radius 3 is 2.06 bits per heavy atom. The maximum absolute atomic E-state index is 15.0. The molecule has 0 radical (unpaired) electrons.